The Balaban J connectivity index is 1.60. The fourth-order valence-corrected chi connectivity index (χ4v) is 3.61. The predicted octanol–water partition coefficient (Wildman–Crippen LogP) is 1.98. The van der Waals surface area contributed by atoms with Gasteiger partial charge in [0.2, 0.25) is 11.8 Å². The highest BCUT2D eigenvalue weighted by Crippen LogP contribution is 2.22. The Morgan fingerprint density at radius 3 is 2.74 bits per heavy atom. The molecule has 0 spiro atoms. The molecule has 0 bridgehead atoms. The normalized spacial score (nSPS) is 27.0. The van der Waals surface area contributed by atoms with Crippen LogP contribution in [-0.4, -0.2) is 29.9 Å². The van der Waals surface area contributed by atoms with E-state index in [1.54, 1.807) is 0 Å². The van der Waals surface area contributed by atoms with E-state index in [-0.39, 0.29) is 24.3 Å². The number of piperazine rings is 1. The number of carbonyl (C=O) groups is 2. The molecule has 124 valence electrons. The van der Waals surface area contributed by atoms with Crippen molar-refractivity contribution in [3.63, 3.8) is 0 Å². The number of para-hydroxylation sites is 1. The maximum absolute atomic E-state index is 12.3. The van der Waals surface area contributed by atoms with Crippen molar-refractivity contribution in [2.75, 3.05) is 5.32 Å². The highest BCUT2D eigenvalue weighted by atomic mass is 16.2. The minimum atomic E-state index is -0.428. The molecule has 0 unspecified atom stereocenters. The van der Waals surface area contributed by atoms with Crippen LogP contribution in [0.1, 0.15) is 44.6 Å². The van der Waals surface area contributed by atoms with Crippen molar-refractivity contribution in [3.05, 3.63) is 29.8 Å². The largest absolute Gasteiger partial charge is 0.350 e. The minimum Gasteiger partial charge on any atom is -0.350 e. The number of fused-ring (bicyclic) bond motifs is 1. The zero-order valence-corrected chi connectivity index (χ0v) is 13.6. The molecule has 1 heterocycles. The fraction of sp³-hybridized carbons (Fsp3) is 0.556. The van der Waals surface area contributed by atoms with E-state index in [9.17, 15) is 9.59 Å². The molecular weight excluding hydrogens is 290 g/mol. The number of benzene rings is 1. The van der Waals surface area contributed by atoms with Crippen molar-refractivity contribution < 1.29 is 9.59 Å². The molecule has 1 aromatic carbocycles. The van der Waals surface area contributed by atoms with Crippen molar-refractivity contribution in [1.82, 2.24) is 10.6 Å². The summed E-state index contributed by atoms with van der Waals surface area (Å²) in [6.07, 6.45) is 5.50. The van der Waals surface area contributed by atoms with Crippen LogP contribution in [-0.2, 0) is 16.0 Å². The molecule has 2 aliphatic rings. The molecule has 1 saturated carbocycles. The molecule has 3 N–H and O–H groups in total. The van der Waals surface area contributed by atoms with E-state index < -0.39 is 6.04 Å². The molecule has 3 rings (SSSR count). The van der Waals surface area contributed by atoms with Crippen LogP contribution in [0.4, 0.5) is 5.69 Å². The molecule has 0 radical (unpaired) electrons. The van der Waals surface area contributed by atoms with Gasteiger partial charge in [0.1, 0.15) is 0 Å². The van der Waals surface area contributed by atoms with Gasteiger partial charge in [-0.2, -0.15) is 0 Å². The van der Waals surface area contributed by atoms with Gasteiger partial charge in [0.05, 0.1) is 12.5 Å². The average molecular weight is 315 g/mol. The molecule has 1 aliphatic carbocycles. The molecule has 2 amide bonds. The molecule has 3 atom stereocenters. The van der Waals surface area contributed by atoms with Crippen LogP contribution in [0, 0.1) is 0 Å². The predicted molar refractivity (Wildman–Crippen MR) is 90.2 cm³/mol. The molecule has 5 nitrogen and oxygen atoms in total. The van der Waals surface area contributed by atoms with Gasteiger partial charge in [-0.3, -0.25) is 9.59 Å². The van der Waals surface area contributed by atoms with Crippen LogP contribution < -0.4 is 16.0 Å². The van der Waals surface area contributed by atoms with Crippen molar-refractivity contribution in [2.45, 2.75) is 63.6 Å². The summed E-state index contributed by atoms with van der Waals surface area (Å²) in [4.78, 5) is 24.5. The van der Waals surface area contributed by atoms with Gasteiger partial charge in [0.15, 0.2) is 0 Å². The van der Waals surface area contributed by atoms with E-state index in [2.05, 4.69) is 22.9 Å². The molecule has 0 aromatic heterocycles. The summed E-state index contributed by atoms with van der Waals surface area (Å²) in [6, 6.07) is 7.90. The topological polar surface area (TPSA) is 70.2 Å². The second-order valence-corrected chi connectivity index (χ2v) is 6.49. The molecule has 1 aliphatic heterocycles. The second kappa shape index (κ2) is 7.13. The summed E-state index contributed by atoms with van der Waals surface area (Å²) >= 11 is 0. The van der Waals surface area contributed by atoms with Crippen LogP contribution in [0.3, 0.4) is 0 Å². The third-order valence-electron chi connectivity index (χ3n) is 4.89. The van der Waals surface area contributed by atoms with Gasteiger partial charge in [-0.1, -0.05) is 38.0 Å². The fourth-order valence-electron chi connectivity index (χ4n) is 3.61. The molecule has 23 heavy (non-hydrogen) atoms. The first-order valence-electron chi connectivity index (χ1n) is 8.61. The van der Waals surface area contributed by atoms with Crippen LogP contribution in [0.15, 0.2) is 24.3 Å². The van der Waals surface area contributed by atoms with Crippen molar-refractivity contribution in [3.8, 4) is 0 Å². The van der Waals surface area contributed by atoms with E-state index >= 15 is 0 Å². The third kappa shape index (κ3) is 3.72. The number of hydrogen-bond acceptors (Lipinski definition) is 3. The van der Waals surface area contributed by atoms with Gasteiger partial charge in [0.25, 0.3) is 0 Å². The highest BCUT2D eigenvalue weighted by Gasteiger charge is 2.36. The van der Waals surface area contributed by atoms with Gasteiger partial charge in [-0.15, -0.1) is 0 Å². The standard InChI is InChI=1S/C18H25N3O2/c1-2-12-7-3-4-8-13(12)20-17(22)11-16-18(23)21-15-10-6-5-9-14(15)19-16/h3-4,7-8,14-16,19H,2,5-6,9-11H2,1H3,(H,20,22)(H,21,23)/t14-,15+,16+/m1/s1. The summed E-state index contributed by atoms with van der Waals surface area (Å²) in [5, 5.41) is 9.40. The zero-order chi connectivity index (χ0) is 16.2. The van der Waals surface area contributed by atoms with Gasteiger partial charge in [-0.25, -0.2) is 0 Å². The zero-order valence-electron chi connectivity index (χ0n) is 13.6. The summed E-state index contributed by atoms with van der Waals surface area (Å²) in [6.45, 7) is 2.06. The number of nitrogens with one attached hydrogen (secondary N) is 3. The van der Waals surface area contributed by atoms with Crippen molar-refractivity contribution in [1.29, 1.82) is 0 Å². The Kier molecular flexibility index (Phi) is 4.96. The van der Waals surface area contributed by atoms with E-state index in [4.69, 9.17) is 0 Å². The first-order chi connectivity index (χ1) is 11.2. The van der Waals surface area contributed by atoms with Crippen molar-refractivity contribution >= 4 is 17.5 Å². The quantitative estimate of drug-likeness (QED) is 0.795. The van der Waals surface area contributed by atoms with Crippen LogP contribution >= 0.6 is 0 Å². The molecular formula is C18H25N3O2. The number of rotatable bonds is 4. The minimum absolute atomic E-state index is 0.0490. The molecule has 2 fully saturated rings. The number of carbonyl (C=O) groups excluding carboxylic acids is 2. The Labute approximate surface area is 137 Å². The summed E-state index contributed by atoms with van der Waals surface area (Å²) in [5.74, 6) is -0.167. The highest BCUT2D eigenvalue weighted by molar-refractivity contribution is 5.96. The SMILES string of the molecule is CCc1ccccc1NC(=O)C[C@@H]1N[C@@H]2CCCC[C@@H]2NC1=O. The smallest absolute Gasteiger partial charge is 0.237 e. The van der Waals surface area contributed by atoms with Gasteiger partial charge < -0.3 is 16.0 Å². The maximum atomic E-state index is 12.3. The summed E-state index contributed by atoms with van der Waals surface area (Å²) < 4.78 is 0. The third-order valence-corrected chi connectivity index (χ3v) is 4.89. The number of anilines is 1. The van der Waals surface area contributed by atoms with Crippen LogP contribution in [0.5, 0.6) is 0 Å². The second-order valence-electron chi connectivity index (χ2n) is 6.49. The van der Waals surface area contributed by atoms with Gasteiger partial charge in [0, 0.05) is 17.8 Å². The number of amides is 2. The van der Waals surface area contributed by atoms with E-state index in [1.165, 1.54) is 12.8 Å². The van der Waals surface area contributed by atoms with Crippen molar-refractivity contribution in [2.24, 2.45) is 0 Å². The van der Waals surface area contributed by atoms with Gasteiger partial charge >= 0.3 is 0 Å². The number of hydrogen-bond donors (Lipinski definition) is 3. The van der Waals surface area contributed by atoms with Gasteiger partial charge in [-0.05, 0) is 30.9 Å². The first-order valence-corrected chi connectivity index (χ1v) is 8.61. The Morgan fingerprint density at radius 2 is 1.96 bits per heavy atom. The monoisotopic (exact) mass is 315 g/mol. The summed E-state index contributed by atoms with van der Waals surface area (Å²) in [7, 11) is 0. The van der Waals surface area contributed by atoms with E-state index in [1.807, 2.05) is 24.3 Å². The Hall–Kier alpha value is -1.88. The lowest BCUT2D eigenvalue weighted by Crippen LogP contribution is -2.65. The van der Waals surface area contributed by atoms with E-state index in [0.29, 0.717) is 6.04 Å². The average Bonchev–Trinajstić information content (AvgIpc) is 2.56. The lowest BCUT2D eigenvalue weighted by atomic mass is 9.87. The lowest BCUT2D eigenvalue weighted by Gasteiger charge is -2.40. The lowest BCUT2D eigenvalue weighted by molar-refractivity contribution is -0.129. The van der Waals surface area contributed by atoms with E-state index in [0.717, 1.165) is 30.5 Å². The molecule has 1 aromatic rings. The van der Waals surface area contributed by atoms with Crippen LogP contribution in [0.2, 0.25) is 0 Å². The maximum Gasteiger partial charge on any atom is 0.237 e. The Morgan fingerprint density at radius 1 is 1.22 bits per heavy atom. The molecule has 5 heteroatoms. The Bertz CT molecular complexity index is 587. The summed E-state index contributed by atoms with van der Waals surface area (Å²) in [5.41, 5.74) is 1.95. The molecule has 1 saturated heterocycles. The van der Waals surface area contributed by atoms with Crippen LogP contribution in [0.25, 0.3) is 0 Å². The first kappa shape index (κ1) is 16.0. The number of aryl methyl sites for hydroxylation is 1.